The summed E-state index contributed by atoms with van der Waals surface area (Å²) >= 11 is 0. The summed E-state index contributed by atoms with van der Waals surface area (Å²) in [4.78, 5) is 0. The maximum atomic E-state index is 7.00. The van der Waals surface area contributed by atoms with Gasteiger partial charge in [-0.3, -0.25) is 10.9 Å². The molecule has 3 heteroatoms. The maximum Gasteiger partial charge on any atom is 0.0319 e. The lowest BCUT2D eigenvalue weighted by Gasteiger charge is -1.91. The van der Waals surface area contributed by atoms with Gasteiger partial charge in [0.05, 0.1) is 0 Å². The monoisotopic (exact) mass is 92.1 g/mol. The van der Waals surface area contributed by atoms with Crippen LogP contribution in [0.25, 0.3) is 0 Å². The van der Waals surface area contributed by atoms with Crippen molar-refractivity contribution in [2.75, 3.05) is 21.2 Å². The smallest absolute Gasteiger partial charge is 0.0319 e. The van der Waals surface area contributed by atoms with Crippen molar-refractivity contribution < 1.29 is 5.11 Å². The largest absolute Gasteiger partial charge is 0.400 e. The van der Waals surface area contributed by atoms with Crippen molar-refractivity contribution in [1.29, 1.82) is 0 Å². The molecular weight excluding hydrogens is 80.0 g/mol. The van der Waals surface area contributed by atoms with Crippen molar-refractivity contribution >= 4 is 0 Å². The SMILES string of the molecule is CN(C)N.CO. The van der Waals surface area contributed by atoms with Crippen LogP contribution in [-0.4, -0.2) is 31.3 Å². The number of hydrogen-bond acceptors (Lipinski definition) is 3. The predicted molar refractivity (Wildman–Crippen MR) is 26.0 cm³/mol. The molecule has 0 aliphatic heterocycles. The van der Waals surface area contributed by atoms with Crippen LogP contribution in [0.2, 0.25) is 0 Å². The van der Waals surface area contributed by atoms with Gasteiger partial charge in [0.15, 0.2) is 0 Å². The summed E-state index contributed by atoms with van der Waals surface area (Å²) in [6, 6.07) is 0. The Hall–Kier alpha value is -0.120. The van der Waals surface area contributed by atoms with Crippen molar-refractivity contribution in [2.45, 2.75) is 0 Å². The Morgan fingerprint density at radius 1 is 1.33 bits per heavy atom. The van der Waals surface area contributed by atoms with Crippen molar-refractivity contribution in [2.24, 2.45) is 5.84 Å². The number of hydrazine groups is 1. The van der Waals surface area contributed by atoms with E-state index in [2.05, 4.69) is 0 Å². The fourth-order valence-corrected chi connectivity index (χ4v) is 0. The molecule has 0 bridgehead atoms. The second-order valence-electron chi connectivity index (χ2n) is 0.964. The minimum absolute atomic E-state index is 1.00. The van der Waals surface area contributed by atoms with E-state index in [0.29, 0.717) is 0 Å². The minimum atomic E-state index is 1.00. The first kappa shape index (κ1) is 9.30. The van der Waals surface area contributed by atoms with Crippen molar-refractivity contribution in [1.82, 2.24) is 5.01 Å². The van der Waals surface area contributed by atoms with Gasteiger partial charge in [-0.15, -0.1) is 0 Å². The highest BCUT2D eigenvalue weighted by molar-refractivity contribution is 4.01. The average molecular weight is 92.1 g/mol. The van der Waals surface area contributed by atoms with Crippen LogP contribution in [0, 0.1) is 0 Å². The minimum Gasteiger partial charge on any atom is -0.400 e. The Morgan fingerprint density at radius 3 is 1.33 bits per heavy atom. The molecule has 0 amide bonds. The van der Waals surface area contributed by atoms with Crippen LogP contribution in [0.1, 0.15) is 0 Å². The number of rotatable bonds is 0. The van der Waals surface area contributed by atoms with Crippen LogP contribution < -0.4 is 5.84 Å². The summed E-state index contributed by atoms with van der Waals surface area (Å²) in [6.45, 7) is 0. The Labute approximate surface area is 38.3 Å². The number of aliphatic hydroxyl groups excluding tert-OH is 1. The van der Waals surface area contributed by atoms with Crippen LogP contribution in [0.5, 0.6) is 0 Å². The van der Waals surface area contributed by atoms with Crippen LogP contribution in [0.3, 0.4) is 0 Å². The Morgan fingerprint density at radius 2 is 1.33 bits per heavy atom. The van der Waals surface area contributed by atoms with Crippen LogP contribution >= 0.6 is 0 Å². The second-order valence-corrected chi connectivity index (χ2v) is 0.964. The van der Waals surface area contributed by atoms with E-state index in [9.17, 15) is 0 Å². The second kappa shape index (κ2) is 8.86. The molecule has 0 atom stereocenters. The molecule has 0 heterocycles. The van der Waals surface area contributed by atoms with Gasteiger partial charge >= 0.3 is 0 Å². The molecular formula is C3H12N2O. The molecule has 0 aliphatic carbocycles. The van der Waals surface area contributed by atoms with Gasteiger partial charge in [0.25, 0.3) is 0 Å². The average Bonchev–Trinajstić information content (AvgIpc) is 1.41. The highest BCUT2D eigenvalue weighted by atomic mass is 16.2. The van der Waals surface area contributed by atoms with E-state index >= 15 is 0 Å². The highest BCUT2D eigenvalue weighted by Crippen LogP contribution is 1.37. The number of aliphatic hydroxyl groups is 1. The van der Waals surface area contributed by atoms with Crippen molar-refractivity contribution in [3.05, 3.63) is 0 Å². The highest BCUT2D eigenvalue weighted by Gasteiger charge is 1.57. The number of nitrogens with zero attached hydrogens (tertiary/aromatic N) is 1. The van der Waals surface area contributed by atoms with Gasteiger partial charge in [0, 0.05) is 21.2 Å². The van der Waals surface area contributed by atoms with Crippen LogP contribution in [0.4, 0.5) is 0 Å². The topological polar surface area (TPSA) is 49.5 Å². The Balaban J connectivity index is 0. The van der Waals surface area contributed by atoms with Crippen LogP contribution in [0.15, 0.2) is 0 Å². The summed E-state index contributed by atoms with van der Waals surface area (Å²) in [5, 5.41) is 8.50. The number of hydrogen-bond donors (Lipinski definition) is 2. The third kappa shape index (κ3) is 2230. The molecule has 0 unspecified atom stereocenters. The molecule has 0 saturated carbocycles. The van der Waals surface area contributed by atoms with E-state index in [4.69, 9.17) is 10.9 Å². The van der Waals surface area contributed by atoms with E-state index in [1.54, 1.807) is 14.1 Å². The van der Waals surface area contributed by atoms with Crippen molar-refractivity contribution in [3.8, 4) is 0 Å². The molecule has 0 aromatic heterocycles. The summed E-state index contributed by atoms with van der Waals surface area (Å²) in [5.74, 6) is 4.94. The quantitative estimate of drug-likeness (QED) is 0.298. The van der Waals surface area contributed by atoms with Gasteiger partial charge in [0.1, 0.15) is 0 Å². The molecule has 40 valence electrons. The third-order valence-corrected chi connectivity index (χ3v) is 0. The molecule has 6 heavy (non-hydrogen) atoms. The van der Waals surface area contributed by atoms with Gasteiger partial charge in [-0.1, -0.05) is 0 Å². The lowest BCUT2D eigenvalue weighted by molar-refractivity contribution is 0.399. The lowest BCUT2D eigenvalue weighted by Crippen LogP contribution is -2.18. The molecule has 0 saturated heterocycles. The zero-order chi connectivity index (χ0) is 5.58. The Bertz CT molecular complexity index is 13.5. The summed E-state index contributed by atoms with van der Waals surface area (Å²) in [6.07, 6.45) is 0. The molecule has 0 aromatic rings. The lowest BCUT2D eigenvalue weighted by atomic mass is 11.2. The molecule has 0 rings (SSSR count). The normalized spacial score (nSPS) is 7.00. The van der Waals surface area contributed by atoms with Gasteiger partial charge in [-0.05, 0) is 0 Å². The summed E-state index contributed by atoms with van der Waals surface area (Å²) in [5.41, 5.74) is 0. The van der Waals surface area contributed by atoms with Gasteiger partial charge in [-0.25, -0.2) is 0 Å². The standard InChI is InChI=1S/C2H8N2.CH4O/c1-4(2)3;1-2/h3H2,1-2H3;2H,1H3. The zero-order valence-corrected chi connectivity index (χ0v) is 4.47. The molecule has 0 spiro atoms. The van der Waals surface area contributed by atoms with Crippen LogP contribution in [-0.2, 0) is 0 Å². The third-order valence-electron chi connectivity index (χ3n) is 0. The first-order valence-corrected chi connectivity index (χ1v) is 1.60. The molecule has 3 N–H and O–H groups in total. The molecule has 3 nitrogen and oxygen atoms in total. The van der Waals surface area contributed by atoms with E-state index in [1.165, 1.54) is 5.01 Å². The predicted octanol–water partition coefficient (Wildman–Crippen LogP) is -0.970. The molecule has 0 radical (unpaired) electrons. The fraction of sp³-hybridized carbons (Fsp3) is 1.00. The van der Waals surface area contributed by atoms with Crippen molar-refractivity contribution in [3.63, 3.8) is 0 Å². The molecule has 0 aromatic carbocycles. The molecule has 0 aliphatic rings. The van der Waals surface area contributed by atoms with E-state index in [-0.39, 0.29) is 0 Å². The number of nitrogens with two attached hydrogens (primary N) is 1. The summed E-state index contributed by atoms with van der Waals surface area (Å²) in [7, 11) is 4.56. The molecule has 0 fully saturated rings. The van der Waals surface area contributed by atoms with Gasteiger partial charge < -0.3 is 5.11 Å². The van der Waals surface area contributed by atoms with Gasteiger partial charge in [-0.2, -0.15) is 0 Å². The van der Waals surface area contributed by atoms with Gasteiger partial charge in [0.2, 0.25) is 0 Å². The van der Waals surface area contributed by atoms with E-state index in [1.807, 2.05) is 0 Å². The fourth-order valence-electron chi connectivity index (χ4n) is 0. The van der Waals surface area contributed by atoms with E-state index < -0.39 is 0 Å². The Kier molecular flexibility index (Phi) is 13.7. The first-order chi connectivity index (χ1) is 2.73. The summed E-state index contributed by atoms with van der Waals surface area (Å²) < 4.78 is 0. The van der Waals surface area contributed by atoms with E-state index in [0.717, 1.165) is 7.11 Å². The first-order valence-electron chi connectivity index (χ1n) is 1.60. The maximum absolute atomic E-state index is 7.00. The zero-order valence-electron chi connectivity index (χ0n) is 4.47.